The first-order chi connectivity index (χ1) is 20.7. The lowest BCUT2D eigenvalue weighted by Gasteiger charge is -2.32. The lowest BCUT2D eigenvalue weighted by atomic mass is 10.00. The second kappa shape index (κ2) is 12.3. The third-order valence-corrected chi connectivity index (χ3v) is 8.29. The van der Waals surface area contributed by atoms with Crippen LogP contribution in [-0.4, -0.2) is 106 Å². The molecule has 2 fully saturated rings. The van der Waals surface area contributed by atoms with Gasteiger partial charge in [-0.25, -0.2) is 4.52 Å². The van der Waals surface area contributed by atoms with Crippen molar-refractivity contribution >= 4 is 34.7 Å². The molecule has 3 aromatic rings. The van der Waals surface area contributed by atoms with Crippen molar-refractivity contribution in [2.75, 3.05) is 57.8 Å². The van der Waals surface area contributed by atoms with Gasteiger partial charge in [0.1, 0.15) is 0 Å². The van der Waals surface area contributed by atoms with E-state index >= 15 is 0 Å². The van der Waals surface area contributed by atoms with E-state index in [1.165, 1.54) is 4.90 Å². The Morgan fingerprint density at radius 2 is 1.81 bits per heavy atom. The number of carbonyl (C=O) groups excluding carboxylic acids is 2. The maximum absolute atomic E-state index is 13.1. The molecule has 1 aromatic carbocycles. The molecular formula is C30H34F3N7O3. The average molecular weight is 598 g/mol. The van der Waals surface area contributed by atoms with Gasteiger partial charge in [-0.05, 0) is 54.8 Å². The Bertz CT molecular complexity index is 1500. The average Bonchev–Trinajstić information content (AvgIpc) is 3.68. The number of likely N-dealkylation sites (tertiary alicyclic amines) is 1. The Hall–Kier alpha value is -3.97. The van der Waals surface area contributed by atoms with Crippen molar-refractivity contribution in [3.8, 4) is 0 Å². The zero-order valence-corrected chi connectivity index (χ0v) is 23.7. The molecule has 0 aliphatic carbocycles. The third kappa shape index (κ3) is 6.83. The number of alkyl halides is 3. The number of nitrogens with one attached hydrogen (secondary N) is 1. The quantitative estimate of drug-likeness (QED) is 0.441. The molecule has 43 heavy (non-hydrogen) atoms. The zero-order chi connectivity index (χ0) is 30.0. The van der Waals surface area contributed by atoms with Crippen LogP contribution in [0.3, 0.4) is 0 Å². The number of hydrogen-bond acceptors (Lipinski definition) is 7. The molecule has 0 saturated carbocycles. The van der Waals surface area contributed by atoms with Crippen molar-refractivity contribution in [3.05, 3.63) is 59.8 Å². The lowest BCUT2D eigenvalue weighted by Crippen LogP contribution is -2.45. The summed E-state index contributed by atoms with van der Waals surface area (Å²) in [5, 5.41) is 7.74. The van der Waals surface area contributed by atoms with Gasteiger partial charge in [0.15, 0.2) is 5.65 Å². The van der Waals surface area contributed by atoms with Crippen LogP contribution >= 0.6 is 0 Å². The number of carbonyl (C=O) groups is 2. The molecule has 1 unspecified atom stereocenters. The number of fused-ring (bicyclic) bond motifs is 1. The topological polar surface area (TPSA) is 95.3 Å². The van der Waals surface area contributed by atoms with Gasteiger partial charge >= 0.3 is 6.18 Å². The van der Waals surface area contributed by atoms with Gasteiger partial charge in [-0.2, -0.15) is 18.2 Å². The van der Waals surface area contributed by atoms with Gasteiger partial charge in [0.25, 0.3) is 5.91 Å². The molecule has 3 aliphatic heterocycles. The van der Waals surface area contributed by atoms with E-state index in [9.17, 15) is 22.8 Å². The van der Waals surface area contributed by atoms with Gasteiger partial charge in [0.2, 0.25) is 11.9 Å². The second-order valence-corrected chi connectivity index (χ2v) is 11.1. The predicted molar refractivity (Wildman–Crippen MR) is 154 cm³/mol. The number of amides is 2. The normalized spacial score (nSPS) is 20.0. The highest BCUT2D eigenvalue weighted by atomic mass is 19.4. The number of ether oxygens (including phenoxy) is 1. The van der Waals surface area contributed by atoms with Crippen molar-refractivity contribution in [2.24, 2.45) is 0 Å². The van der Waals surface area contributed by atoms with Crippen LogP contribution in [0, 0.1) is 0 Å². The number of morpholine rings is 1. The molecule has 0 radical (unpaired) electrons. The molecular weight excluding hydrogens is 563 g/mol. The van der Waals surface area contributed by atoms with Gasteiger partial charge in [-0.3, -0.25) is 14.5 Å². The van der Waals surface area contributed by atoms with Crippen LogP contribution in [0.15, 0.2) is 48.7 Å². The fraction of sp³-hybridized carbons (Fsp3) is 0.467. The molecule has 0 bridgehead atoms. The zero-order valence-electron chi connectivity index (χ0n) is 23.7. The molecule has 5 heterocycles. The molecule has 2 amide bonds. The summed E-state index contributed by atoms with van der Waals surface area (Å²) in [7, 11) is 0. The molecule has 2 saturated heterocycles. The molecule has 13 heteroatoms. The van der Waals surface area contributed by atoms with Crippen LogP contribution in [-0.2, 0) is 9.53 Å². The standard InChI is InChI=1S/C30H34F3N7O3/c31-30(32,33)11-7-26(41)38-13-8-21(9-14-38)25-2-1-12-40-27(25)35-29(36-40)34-23-5-3-22(4-6-23)28(42)39-15-10-24(20-39)37-16-18-43-19-17-37/h1-6,8,12,24H,7,9-11,13-20H2,(H,34,36). The first-order valence-corrected chi connectivity index (χ1v) is 14.6. The summed E-state index contributed by atoms with van der Waals surface area (Å²) in [5.74, 6) is -0.0795. The number of hydrogen-bond donors (Lipinski definition) is 1. The van der Waals surface area contributed by atoms with Crippen molar-refractivity contribution in [1.82, 2.24) is 29.3 Å². The Kier molecular flexibility index (Phi) is 8.35. The summed E-state index contributed by atoms with van der Waals surface area (Å²) in [6.45, 7) is 5.40. The van der Waals surface area contributed by atoms with Gasteiger partial charge in [-0.15, -0.1) is 5.10 Å². The molecule has 1 atom stereocenters. The van der Waals surface area contributed by atoms with Crippen LogP contribution in [0.5, 0.6) is 0 Å². The number of halogens is 3. The van der Waals surface area contributed by atoms with Crippen LogP contribution < -0.4 is 5.32 Å². The highest BCUT2D eigenvalue weighted by molar-refractivity contribution is 5.94. The highest BCUT2D eigenvalue weighted by Crippen LogP contribution is 2.28. The van der Waals surface area contributed by atoms with E-state index in [4.69, 9.17) is 4.74 Å². The number of anilines is 2. The smallest absolute Gasteiger partial charge is 0.379 e. The van der Waals surface area contributed by atoms with Gasteiger partial charge in [0, 0.05) is 74.7 Å². The molecule has 6 rings (SSSR count). The van der Waals surface area contributed by atoms with Crippen molar-refractivity contribution in [2.45, 2.75) is 37.9 Å². The van der Waals surface area contributed by atoms with E-state index in [2.05, 4.69) is 20.3 Å². The first kappa shape index (κ1) is 29.1. The summed E-state index contributed by atoms with van der Waals surface area (Å²) < 4.78 is 44.6. The minimum Gasteiger partial charge on any atom is -0.379 e. The maximum atomic E-state index is 13.1. The molecule has 10 nitrogen and oxygen atoms in total. The van der Waals surface area contributed by atoms with Crippen molar-refractivity contribution in [3.63, 3.8) is 0 Å². The number of pyridine rings is 1. The van der Waals surface area contributed by atoms with Gasteiger partial charge < -0.3 is 19.9 Å². The second-order valence-electron chi connectivity index (χ2n) is 11.1. The molecule has 228 valence electrons. The molecule has 1 N–H and O–H groups in total. The summed E-state index contributed by atoms with van der Waals surface area (Å²) in [4.78, 5) is 35.8. The van der Waals surface area contributed by atoms with Crippen molar-refractivity contribution in [1.29, 1.82) is 0 Å². The largest absolute Gasteiger partial charge is 0.389 e. The molecule has 2 aromatic heterocycles. The number of rotatable bonds is 7. The lowest BCUT2D eigenvalue weighted by molar-refractivity contribution is -0.148. The molecule has 3 aliphatic rings. The van der Waals surface area contributed by atoms with E-state index in [0.29, 0.717) is 36.2 Å². The van der Waals surface area contributed by atoms with E-state index in [1.807, 2.05) is 47.4 Å². The third-order valence-electron chi connectivity index (χ3n) is 8.29. The number of benzene rings is 1. The number of nitrogens with zero attached hydrogens (tertiary/aromatic N) is 6. The predicted octanol–water partition coefficient (Wildman–Crippen LogP) is 3.98. The van der Waals surface area contributed by atoms with Crippen LogP contribution in [0.4, 0.5) is 24.8 Å². The van der Waals surface area contributed by atoms with Crippen LogP contribution in [0.2, 0.25) is 0 Å². The maximum Gasteiger partial charge on any atom is 0.389 e. The van der Waals surface area contributed by atoms with E-state index in [1.54, 1.807) is 10.7 Å². The summed E-state index contributed by atoms with van der Waals surface area (Å²) >= 11 is 0. The van der Waals surface area contributed by atoms with Gasteiger partial charge in [0.05, 0.1) is 19.6 Å². The Morgan fingerprint density at radius 1 is 1.02 bits per heavy atom. The van der Waals surface area contributed by atoms with E-state index in [-0.39, 0.29) is 12.5 Å². The SMILES string of the molecule is O=C(CCC(F)(F)F)N1CC=C(c2cccn3nc(Nc4ccc(C(=O)N5CCC(N6CCOCC6)C5)cc4)nc23)CC1. The Balaban J connectivity index is 1.08. The minimum atomic E-state index is -4.35. The monoisotopic (exact) mass is 597 g/mol. The van der Waals surface area contributed by atoms with Crippen LogP contribution in [0.25, 0.3) is 11.2 Å². The fourth-order valence-electron chi connectivity index (χ4n) is 5.93. The van der Waals surface area contributed by atoms with Gasteiger partial charge in [-0.1, -0.05) is 6.08 Å². The summed E-state index contributed by atoms with van der Waals surface area (Å²) in [6, 6.07) is 11.4. The summed E-state index contributed by atoms with van der Waals surface area (Å²) in [6.07, 6.45) is -0.858. The highest BCUT2D eigenvalue weighted by Gasteiger charge is 2.32. The van der Waals surface area contributed by atoms with Crippen LogP contribution in [0.1, 0.15) is 41.6 Å². The minimum absolute atomic E-state index is 0.0270. The summed E-state index contributed by atoms with van der Waals surface area (Å²) in [5.41, 5.74) is 3.82. The van der Waals surface area contributed by atoms with Crippen molar-refractivity contribution < 1.29 is 27.5 Å². The Morgan fingerprint density at radius 3 is 2.53 bits per heavy atom. The Labute approximate surface area is 247 Å². The first-order valence-electron chi connectivity index (χ1n) is 14.6. The van der Waals surface area contributed by atoms with E-state index < -0.39 is 24.9 Å². The molecule has 0 spiro atoms. The number of aromatic nitrogens is 3. The van der Waals surface area contributed by atoms with E-state index in [0.717, 1.165) is 62.6 Å². The fourth-order valence-corrected chi connectivity index (χ4v) is 5.93.